The minimum Gasteiger partial charge on any atom is -0.361 e. The van der Waals surface area contributed by atoms with Crippen molar-refractivity contribution in [2.45, 2.75) is 25.4 Å². The Morgan fingerprint density at radius 1 is 1.17 bits per heavy atom. The van der Waals surface area contributed by atoms with Gasteiger partial charge in [0.2, 0.25) is 0 Å². The van der Waals surface area contributed by atoms with Crippen LogP contribution in [0.2, 0.25) is 0 Å². The van der Waals surface area contributed by atoms with Crippen LogP contribution in [-0.4, -0.2) is 10.9 Å². The predicted molar refractivity (Wildman–Crippen MR) is 67.0 cm³/mol. The molecule has 0 fully saturated rings. The van der Waals surface area contributed by atoms with Crippen LogP contribution in [0.5, 0.6) is 0 Å². The van der Waals surface area contributed by atoms with Gasteiger partial charge >= 0.3 is 6.18 Å². The summed E-state index contributed by atoms with van der Waals surface area (Å²) in [6, 6.07) is 3.78. The third kappa shape index (κ3) is 2.80. The minimum atomic E-state index is -4.29. The van der Waals surface area contributed by atoms with Crippen molar-refractivity contribution < 1.29 is 13.2 Å². The predicted octanol–water partition coefficient (Wildman–Crippen LogP) is 4.75. The Balaban J connectivity index is 2.31. The van der Waals surface area contributed by atoms with Gasteiger partial charge in [-0.25, -0.2) is 0 Å². The molecular weight excluding hydrogens is 263 g/mol. The monoisotopic (exact) mass is 275 g/mol. The minimum absolute atomic E-state index is 0.580. The normalized spacial score (nSPS) is 12.2. The lowest BCUT2D eigenvalue weighted by molar-refractivity contribution is -0.137. The highest BCUT2D eigenvalue weighted by Crippen LogP contribution is 2.32. The van der Waals surface area contributed by atoms with Gasteiger partial charge in [-0.3, -0.25) is 0 Å². The van der Waals surface area contributed by atoms with Gasteiger partial charge in [-0.2, -0.15) is 13.2 Å². The number of fused-ring (bicyclic) bond motifs is 1. The first-order valence-corrected chi connectivity index (χ1v) is 6.29. The van der Waals surface area contributed by atoms with E-state index in [0.29, 0.717) is 11.3 Å². The second-order valence-corrected chi connectivity index (χ2v) is 4.60. The molecule has 0 bridgehead atoms. The smallest absolute Gasteiger partial charge is 0.361 e. The van der Waals surface area contributed by atoms with Gasteiger partial charge in [0.1, 0.15) is 0 Å². The molecule has 0 aliphatic rings. The van der Waals surface area contributed by atoms with E-state index in [1.807, 2.05) is 0 Å². The van der Waals surface area contributed by atoms with Gasteiger partial charge in [-0.05, 0) is 43.0 Å². The van der Waals surface area contributed by atoms with Gasteiger partial charge in [0.25, 0.3) is 0 Å². The van der Waals surface area contributed by atoms with Gasteiger partial charge in [-0.15, -0.1) is 11.6 Å². The summed E-state index contributed by atoms with van der Waals surface area (Å²) in [5.74, 6) is 0.580. The summed E-state index contributed by atoms with van der Waals surface area (Å²) >= 11 is 5.59. The molecule has 1 nitrogen and oxygen atoms in total. The number of alkyl halides is 4. The molecule has 0 atom stereocenters. The molecule has 2 rings (SSSR count). The van der Waals surface area contributed by atoms with E-state index in [0.717, 1.165) is 36.4 Å². The lowest BCUT2D eigenvalue weighted by Crippen LogP contribution is -2.04. The lowest BCUT2D eigenvalue weighted by atomic mass is 10.1. The number of unbranched alkanes of at least 4 members (excludes halogenated alkanes) is 1. The summed E-state index contributed by atoms with van der Waals surface area (Å²) in [7, 11) is 0. The first-order chi connectivity index (χ1) is 8.52. The summed E-state index contributed by atoms with van der Waals surface area (Å²) in [6.07, 6.45) is -0.0220. The third-order valence-electron chi connectivity index (χ3n) is 2.92. The summed E-state index contributed by atoms with van der Waals surface area (Å²) < 4.78 is 37.9. The second kappa shape index (κ2) is 5.22. The van der Waals surface area contributed by atoms with Crippen LogP contribution in [0.1, 0.15) is 24.0 Å². The van der Waals surface area contributed by atoms with Crippen molar-refractivity contribution >= 4 is 22.5 Å². The van der Waals surface area contributed by atoms with Crippen molar-refractivity contribution in [2.24, 2.45) is 0 Å². The van der Waals surface area contributed by atoms with Crippen molar-refractivity contribution in [3.63, 3.8) is 0 Å². The van der Waals surface area contributed by atoms with Crippen molar-refractivity contribution in [1.82, 2.24) is 4.98 Å². The number of rotatable bonds is 4. The quantitative estimate of drug-likeness (QED) is 0.612. The summed E-state index contributed by atoms with van der Waals surface area (Å²) in [6.45, 7) is 0. The number of aromatic amines is 1. The molecule has 0 amide bonds. The zero-order chi connectivity index (χ0) is 13.2. The molecular formula is C13H13ClF3N. The maximum atomic E-state index is 12.6. The summed E-state index contributed by atoms with van der Waals surface area (Å²) in [4.78, 5) is 2.99. The molecule has 0 spiro atoms. The molecule has 1 aromatic heterocycles. The van der Waals surface area contributed by atoms with Crippen LogP contribution in [0.15, 0.2) is 24.4 Å². The Labute approximate surface area is 108 Å². The number of hydrogen-bond acceptors (Lipinski definition) is 0. The number of halogens is 4. The Hall–Kier alpha value is -1.16. The number of hydrogen-bond donors (Lipinski definition) is 1. The van der Waals surface area contributed by atoms with Gasteiger partial charge < -0.3 is 4.98 Å². The summed E-state index contributed by atoms with van der Waals surface area (Å²) in [5.41, 5.74) is 1.05. The fourth-order valence-electron chi connectivity index (χ4n) is 1.97. The van der Waals surface area contributed by atoms with Crippen molar-refractivity contribution in [3.05, 3.63) is 35.5 Å². The van der Waals surface area contributed by atoms with Crippen molar-refractivity contribution in [1.29, 1.82) is 0 Å². The Morgan fingerprint density at radius 3 is 2.61 bits per heavy atom. The molecule has 1 heterocycles. The molecule has 0 radical (unpaired) electrons. The molecule has 2 aromatic rings. The molecule has 1 aromatic carbocycles. The van der Waals surface area contributed by atoms with E-state index >= 15 is 0 Å². The van der Waals surface area contributed by atoms with Crippen molar-refractivity contribution in [2.75, 3.05) is 5.88 Å². The van der Waals surface area contributed by atoms with E-state index in [1.54, 1.807) is 6.20 Å². The van der Waals surface area contributed by atoms with Crippen LogP contribution in [0.25, 0.3) is 10.9 Å². The zero-order valence-electron chi connectivity index (χ0n) is 9.65. The van der Waals surface area contributed by atoms with Gasteiger partial charge in [0.05, 0.1) is 5.56 Å². The molecule has 0 saturated heterocycles. The van der Waals surface area contributed by atoms with Crippen LogP contribution in [-0.2, 0) is 12.6 Å². The number of aryl methyl sites for hydroxylation is 1. The Morgan fingerprint density at radius 2 is 1.94 bits per heavy atom. The first-order valence-electron chi connectivity index (χ1n) is 5.75. The van der Waals surface area contributed by atoms with Gasteiger partial charge in [0.15, 0.2) is 0 Å². The van der Waals surface area contributed by atoms with E-state index in [-0.39, 0.29) is 0 Å². The lowest BCUT2D eigenvalue weighted by Gasteiger charge is -2.07. The highest BCUT2D eigenvalue weighted by atomic mass is 35.5. The van der Waals surface area contributed by atoms with Crippen LogP contribution in [0.3, 0.4) is 0 Å². The van der Waals surface area contributed by atoms with E-state index < -0.39 is 11.7 Å². The van der Waals surface area contributed by atoms with E-state index in [1.165, 1.54) is 12.1 Å². The number of nitrogens with one attached hydrogen (secondary N) is 1. The topological polar surface area (TPSA) is 15.8 Å². The van der Waals surface area contributed by atoms with E-state index in [4.69, 9.17) is 11.6 Å². The van der Waals surface area contributed by atoms with Crippen LogP contribution >= 0.6 is 11.6 Å². The van der Waals surface area contributed by atoms with Gasteiger partial charge in [-0.1, -0.05) is 0 Å². The summed E-state index contributed by atoms with van der Waals surface area (Å²) in [5, 5.41) is 0.652. The van der Waals surface area contributed by atoms with Gasteiger partial charge in [0, 0.05) is 23.0 Å². The maximum absolute atomic E-state index is 12.6. The van der Waals surface area contributed by atoms with Crippen LogP contribution in [0.4, 0.5) is 13.2 Å². The molecule has 0 aliphatic carbocycles. The largest absolute Gasteiger partial charge is 0.416 e. The molecule has 0 saturated carbocycles. The maximum Gasteiger partial charge on any atom is 0.416 e. The Kier molecular flexibility index (Phi) is 3.85. The zero-order valence-corrected chi connectivity index (χ0v) is 10.4. The van der Waals surface area contributed by atoms with E-state index in [9.17, 15) is 13.2 Å². The molecule has 98 valence electrons. The highest BCUT2D eigenvalue weighted by molar-refractivity contribution is 6.17. The molecule has 5 heteroatoms. The molecule has 0 aliphatic heterocycles. The average Bonchev–Trinajstić information content (AvgIpc) is 2.71. The fourth-order valence-corrected chi connectivity index (χ4v) is 2.16. The van der Waals surface area contributed by atoms with E-state index in [2.05, 4.69) is 4.98 Å². The standard InChI is InChI=1S/C13H13ClF3N/c14-6-2-1-3-9-8-18-12-5-4-10(7-11(9)12)13(15,16)17/h4-5,7-8,18H,1-3,6H2. The number of aromatic nitrogens is 1. The molecule has 0 unspecified atom stereocenters. The Bertz CT molecular complexity index is 531. The fraction of sp³-hybridized carbons (Fsp3) is 0.385. The highest BCUT2D eigenvalue weighted by Gasteiger charge is 2.30. The third-order valence-corrected chi connectivity index (χ3v) is 3.19. The second-order valence-electron chi connectivity index (χ2n) is 4.22. The molecule has 1 N–H and O–H groups in total. The SMILES string of the molecule is FC(F)(F)c1ccc2[nH]cc(CCCCCl)c2c1. The number of benzene rings is 1. The first kappa shape index (κ1) is 13.3. The van der Waals surface area contributed by atoms with Crippen LogP contribution < -0.4 is 0 Å². The average molecular weight is 276 g/mol. The number of H-pyrrole nitrogens is 1. The molecule has 18 heavy (non-hydrogen) atoms. The van der Waals surface area contributed by atoms with Crippen molar-refractivity contribution in [3.8, 4) is 0 Å². The van der Waals surface area contributed by atoms with Crippen LogP contribution in [0, 0.1) is 0 Å².